The van der Waals surface area contributed by atoms with Crippen molar-refractivity contribution in [2.24, 2.45) is 11.8 Å². The van der Waals surface area contributed by atoms with E-state index in [1.165, 1.54) is 4.90 Å². The van der Waals surface area contributed by atoms with Gasteiger partial charge in [-0.15, -0.1) is 0 Å². The van der Waals surface area contributed by atoms with Gasteiger partial charge in [0.25, 0.3) is 0 Å². The van der Waals surface area contributed by atoms with Crippen LogP contribution in [0, 0.1) is 30.6 Å². The predicted molar refractivity (Wildman–Crippen MR) is 73.8 cm³/mol. The fourth-order valence-electron chi connectivity index (χ4n) is 2.53. The van der Waals surface area contributed by atoms with Gasteiger partial charge in [0.2, 0.25) is 11.8 Å². The maximum absolute atomic E-state index is 12.1. The lowest BCUT2D eigenvalue weighted by atomic mass is 10.1. The highest BCUT2D eigenvalue weighted by Gasteiger charge is 2.59. The van der Waals surface area contributed by atoms with Crippen molar-refractivity contribution in [3.8, 4) is 11.8 Å². The number of aliphatic hydroxyl groups excluding tert-OH is 1. The number of fused-ring (bicyclic) bond motifs is 1. The van der Waals surface area contributed by atoms with Crippen LogP contribution in [-0.4, -0.2) is 23.5 Å². The van der Waals surface area contributed by atoms with Gasteiger partial charge in [-0.05, 0) is 31.0 Å². The first-order chi connectivity index (χ1) is 9.63. The molecule has 0 spiro atoms. The van der Waals surface area contributed by atoms with Gasteiger partial charge in [-0.2, -0.15) is 0 Å². The zero-order valence-corrected chi connectivity index (χ0v) is 11.2. The van der Waals surface area contributed by atoms with Crippen LogP contribution in [0.1, 0.15) is 24.0 Å². The van der Waals surface area contributed by atoms with Gasteiger partial charge in [-0.1, -0.05) is 17.9 Å². The number of amides is 2. The third-order valence-corrected chi connectivity index (χ3v) is 3.80. The smallest absolute Gasteiger partial charge is 0.237 e. The van der Waals surface area contributed by atoms with Crippen molar-refractivity contribution in [2.75, 3.05) is 11.5 Å². The summed E-state index contributed by atoms with van der Waals surface area (Å²) in [5.41, 5.74) is 2.38. The number of rotatable bonds is 2. The number of carbonyl (C=O) groups is 2. The molecule has 0 radical (unpaired) electrons. The molecule has 0 aromatic heterocycles. The van der Waals surface area contributed by atoms with Crippen LogP contribution in [0.15, 0.2) is 18.2 Å². The van der Waals surface area contributed by atoms with E-state index in [1.807, 2.05) is 13.0 Å². The summed E-state index contributed by atoms with van der Waals surface area (Å²) in [4.78, 5) is 25.4. The summed E-state index contributed by atoms with van der Waals surface area (Å²) in [5.74, 6) is 5.48. The number of benzene rings is 1. The number of carbonyl (C=O) groups excluding carboxylic acids is 2. The second-order valence-corrected chi connectivity index (χ2v) is 5.24. The van der Waals surface area contributed by atoms with Crippen LogP contribution in [0.2, 0.25) is 0 Å². The Hall–Kier alpha value is -2.12. The Morgan fingerprint density at radius 3 is 2.65 bits per heavy atom. The van der Waals surface area contributed by atoms with Crippen LogP contribution >= 0.6 is 0 Å². The fraction of sp³-hybridized carbons (Fsp3) is 0.375. The van der Waals surface area contributed by atoms with Gasteiger partial charge in [0.1, 0.15) is 0 Å². The van der Waals surface area contributed by atoms with E-state index < -0.39 is 0 Å². The molecule has 2 amide bonds. The van der Waals surface area contributed by atoms with E-state index in [4.69, 9.17) is 5.11 Å². The maximum Gasteiger partial charge on any atom is 0.237 e. The summed E-state index contributed by atoms with van der Waals surface area (Å²) in [6.45, 7) is 1.95. The minimum Gasteiger partial charge on any atom is -0.395 e. The molecule has 0 bridgehead atoms. The number of hydrogen-bond acceptors (Lipinski definition) is 3. The Morgan fingerprint density at radius 1 is 1.30 bits per heavy atom. The lowest BCUT2D eigenvalue weighted by Gasteiger charge is -2.17. The standard InChI is InChI=1S/C16H15NO3/c1-10-5-6-12(8-11(10)4-2-3-7-18)17-15(19)13-9-14(13)16(17)20/h5-6,8,13-14,18H,3,7,9H2,1H3. The van der Waals surface area contributed by atoms with Crippen molar-refractivity contribution in [3.63, 3.8) is 0 Å². The zero-order valence-electron chi connectivity index (χ0n) is 11.2. The normalized spacial score (nSPS) is 23.4. The van der Waals surface area contributed by atoms with Gasteiger partial charge in [0, 0.05) is 12.0 Å². The molecule has 2 unspecified atom stereocenters. The highest BCUT2D eigenvalue weighted by atomic mass is 16.2. The molecule has 1 aromatic rings. The molecule has 1 heterocycles. The summed E-state index contributed by atoms with van der Waals surface area (Å²) in [6, 6.07) is 5.43. The molecule has 1 saturated carbocycles. The molecule has 2 atom stereocenters. The molecule has 1 aliphatic heterocycles. The molecule has 3 rings (SSSR count). The van der Waals surface area contributed by atoms with Crippen LogP contribution in [0.5, 0.6) is 0 Å². The topological polar surface area (TPSA) is 57.6 Å². The van der Waals surface area contributed by atoms with Crippen molar-refractivity contribution < 1.29 is 14.7 Å². The van der Waals surface area contributed by atoms with Crippen LogP contribution in [0.3, 0.4) is 0 Å². The number of hydrogen-bond donors (Lipinski definition) is 1. The van der Waals surface area contributed by atoms with Gasteiger partial charge < -0.3 is 5.11 Å². The highest BCUT2D eigenvalue weighted by Crippen LogP contribution is 2.48. The summed E-state index contributed by atoms with van der Waals surface area (Å²) < 4.78 is 0. The van der Waals surface area contributed by atoms with Crippen LogP contribution in [0.25, 0.3) is 0 Å². The van der Waals surface area contributed by atoms with Crippen LogP contribution in [-0.2, 0) is 9.59 Å². The third-order valence-electron chi connectivity index (χ3n) is 3.80. The van der Waals surface area contributed by atoms with Crippen LogP contribution < -0.4 is 4.90 Å². The third kappa shape index (κ3) is 2.00. The lowest BCUT2D eigenvalue weighted by molar-refractivity contribution is -0.123. The molecule has 20 heavy (non-hydrogen) atoms. The van der Waals surface area contributed by atoms with E-state index in [2.05, 4.69) is 11.8 Å². The zero-order chi connectivity index (χ0) is 14.3. The lowest BCUT2D eigenvalue weighted by Crippen LogP contribution is -2.32. The minimum atomic E-state index is -0.0901. The second-order valence-electron chi connectivity index (χ2n) is 5.24. The van der Waals surface area contributed by atoms with Crippen molar-refractivity contribution >= 4 is 17.5 Å². The molecule has 2 fully saturated rings. The number of aryl methyl sites for hydroxylation is 1. The Labute approximate surface area is 117 Å². The quantitative estimate of drug-likeness (QED) is 0.649. The Morgan fingerprint density at radius 2 is 2.00 bits per heavy atom. The van der Waals surface area contributed by atoms with Crippen LogP contribution in [0.4, 0.5) is 5.69 Å². The summed E-state index contributed by atoms with van der Waals surface area (Å²) in [5, 5.41) is 8.74. The summed E-state index contributed by atoms with van der Waals surface area (Å²) >= 11 is 0. The number of anilines is 1. The van der Waals surface area contributed by atoms with E-state index in [0.717, 1.165) is 11.1 Å². The van der Waals surface area contributed by atoms with Gasteiger partial charge >= 0.3 is 0 Å². The van der Waals surface area contributed by atoms with Crippen molar-refractivity contribution in [1.82, 2.24) is 0 Å². The van der Waals surface area contributed by atoms with E-state index in [0.29, 0.717) is 18.5 Å². The van der Waals surface area contributed by atoms with Crippen molar-refractivity contribution in [1.29, 1.82) is 0 Å². The van der Waals surface area contributed by atoms with Gasteiger partial charge in [-0.25, -0.2) is 0 Å². The highest BCUT2D eigenvalue weighted by molar-refractivity contribution is 6.24. The first-order valence-corrected chi connectivity index (χ1v) is 6.71. The molecular weight excluding hydrogens is 254 g/mol. The van der Waals surface area contributed by atoms with Gasteiger partial charge in [0.15, 0.2) is 0 Å². The Balaban J connectivity index is 1.92. The SMILES string of the molecule is Cc1ccc(N2C(=O)C3CC3C2=O)cc1C#CCCO. The van der Waals surface area contributed by atoms with E-state index >= 15 is 0 Å². The molecular formula is C16H15NO3. The minimum absolute atomic E-state index is 0.0260. The largest absolute Gasteiger partial charge is 0.395 e. The van der Waals surface area contributed by atoms with E-state index in [9.17, 15) is 9.59 Å². The monoisotopic (exact) mass is 269 g/mol. The molecule has 4 heteroatoms. The predicted octanol–water partition coefficient (Wildman–Crippen LogP) is 1.24. The second kappa shape index (κ2) is 4.77. The Bertz CT molecular complexity index is 633. The van der Waals surface area contributed by atoms with Crippen molar-refractivity contribution in [3.05, 3.63) is 29.3 Å². The average Bonchev–Trinajstić information content (AvgIpc) is 3.18. The molecule has 1 saturated heterocycles. The number of nitrogens with zero attached hydrogens (tertiary/aromatic N) is 1. The first kappa shape index (κ1) is 12.9. The fourth-order valence-corrected chi connectivity index (χ4v) is 2.53. The van der Waals surface area contributed by atoms with Crippen molar-refractivity contribution in [2.45, 2.75) is 19.8 Å². The van der Waals surface area contributed by atoms with E-state index in [-0.39, 0.29) is 30.3 Å². The van der Waals surface area contributed by atoms with Gasteiger partial charge in [0.05, 0.1) is 24.1 Å². The first-order valence-electron chi connectivity index (χ1n) is 6.71. The van der Waals surface area contributed by atoms with Gasteiger partial charge in [-0.3, -0.25) is 14.5 Å². The summed E-state index contributed by atoms with van der Waals surface area (Å²) in [6.07, 6.45) is 1.12. The molecule has 2 aliphatic rings. The maximum atomic E-state index is 12.1. The molecule has 1 aromatic carbocycles. The summed E-state index contributed by atoms with van der Waals surface area (Å²) in [7, 11) is 0. The molecule has 1 aliphatic carbocycles. The molecule has 1 N–H and O–H groups in total. The molecule has 102 valence electrons. The average molecular weight is 269 g/mol. The molecule has 4 nitrogen and oxygen atoms in total. The number of piperidine rings is 1. The number of aliphatic hydroxyl groups is 1. The van der Waals surface area contributed by atoms with E-state index in [1.54, 1.807) is 12.1 Å². The number of imide groups is 1. The Kier molecular flexibility index (Phi) is 3.07.